The number of benzene rings is 1. The second-order valence-corrected chi connectivity index (χ2v) is 5.06. The summed E-state index contributed by atoms with van der Waals surface area (Å²) in [6.07, 6.45) is 1.59. The highest BCUT2D eigenvalue weighted by Crippen LogP contribution is 2.19. The van der Waals surface area contributed by atoms with Gasteiger partial charge in [0.15, 0.2) is 0 Å². The molecule has 1 saturated heterocycles. The van der Waals surface area contributed by atoms with Crippen molar-refractivity contribution in [2.75, 3.05) is 13.1 Å². The van der Waals surface area contributed by atoms with E-state index in [0.29, 0.717) is 18.7 Å². The SMILES string of the molecule is NC(=O)C1CCCN(C(=O)c2cccc(S)c2)C1. The molecular weight excluding hydrogens is 248 g/mol. The molecule has 2 rings (SSSR count). The first-order valence-electron chi connectivity index (χ1n) is 5.95. The van der Waals surface area contributed by atoms with Crippen LogP contribution < -0.4 is 5.73 Å². The molecule has 2 N–H and O–H groups in total. The Kier molecular flexibility index (Phi) is 3.91. The van der Waals surface area contributed by atoms with Gasteiger partial charge in [-0.3, -0.25) is 9.59 Å². The first-order valence-corrected chi connectivity index (χ1v) is 6.40. The number of piperidine rings is 1. The summed E-state index contributed by atoms with van der Waals surface area (Å²) >= 11 is 4.22. The quantitative estimate of drug-likeness (QED) is 0.791. The van der Waals surface area contributed by atoms with E-state index in [1.165, 1.54) is 0 Å². The van der Waals surface area contributed by atoms with Gasteiger partial charge in [0.1, 0.15) is 0 Å². The molecule has 0 radical (unpaired) electrons. The van der Waals surface area contributed by atoms with Gasteiger partial charge in [-0.1, -0.05) is 6.07 Å². The number of amides is 2. The number of nitrogens with two attached hydrogens (primary N) is 1. The predicted molar refractivity (Wildman–Crippen MR) is 71.5 cm³/mol. The average Bonchev–Trinajstić information content (AvgIpc) is 2.38. The molecule has 4 nitrogen and oxygen atoms in total. The van der Waals surface area contributed by atoms with Crippen LogP contribution in [0.25, 0.3) is 0 Å². The second-order valence-electron chi connectivity index (χ2n) is 4.54. The molecule has 1 aromatic carbocycles. The maximum absolute atomic E-state index is 12.3. The second kappa shape index (κ2) is 5.44. The Morgan fingerprint density at radius 3 is 2.83 bits per heavy atom. The maximum Gasteiger partial charge on any atom is 0.253 e. The molecule has 0 aromatic heterocycles. The van der Waals surface area contributed by atoms with E-state index in [1.54, 1.807) is 23.1 Å². The third-order valence-corrected chi connectivity index (χ3v) is 3.48. The van der Waals surface area contributed by atoms with E-state index in [1.807, 2.05) is 6.07 Å². The molecule has 1 unspecified atom stereocenters. The van der Waals surface area contributed by atoms with Gasteiger partial charge in [-0.15, -0.1) is 12.6 Å². The Labute approximate surface area is 112 Å². The van der Waals surface area contributed by atoms with Crippen LogP contribution in [0.2, 0.25) is 0 Å². The zero-order valence-corrected chi connectivity index (χ0v) is 10.9. The van der Waals surface area contributed by atoms with Crippen molar-refractivity contribution in [2.24, 2.45) is 11.7 Å². The third kappa shape index (κ3) is 2.85. The fraction of sp³-hybridized carbons (Fsp3) is 0.385. The van der Waals surface area contributed by atoms with Crippen molar-refractivity contribution in [1.29, 1.82) is 0 Å². The summed E-state index contributed by atoms with van der Waals surface area (Å²) in [5.74, 6) is -0.603. The molecule has 96 valence electrons. The number of likely N-dealkylation sites (tertiary alicyclic amines) is 1. The minimum Gasteiger partial charge on any atom is -0.369 e. The van der Waals surface area contributed by atoms with Crippen molar-refractivity contribution in [3.8, 4) is 0 Å². The number of primary amides is 1. The van der Waals surface area contributed by atoms with Crippen LogP contribution in [0.1, 0.15) is 23.2 Å². The highest BCUT2D eigenvalue weighted by Gasteiger charge is 2.27. The number of thiol groups is 1. The summed E-state index contributed by atoms with van der Waals surface area (Å²) < 4.78 is 0. The van der Waals surface area contributed by atoms with Crippen LogP contribution in [-0.4, -0.2) is 29.8 Å². The minimum atomic E-state index is -0.324. The third-order valence-electron chi connectivity index (χ3n) is 3.20. The number of carbonyl (C=O) groups is 2. The van der Waals surface area contributed by atoms with Gasteiger partial charge in [0.2, 0.25) is 5.91 Å². The van der Waals surface area contributed by atoms with Crippen molar-refractivity contribution >= 4 is 24.4 Å². The fourth-order valence-electron chi connectivity index (χ4n) is 2.22. The topological polar surface area (TPSA) is 63.4 Å². The van der Waals surface area contributed by atoms with Crippen molar-refractivity contribution < 1.29 is 9.59 Å². The molecule has 0 bridgehead atoms. The van der Waals surface area contributed by atoms with Crippen LogP contribution in [0.4, 0.5) is 0 Å². The van der Waals surface area contributed by atoms with Gasteiger partial charge < -0.3 is 10.6 Å². The summed E-state index contributed by atoms with van der Waals surface area (Å²) in [4.78, 5) is 25.9. The Morgan fingerprint density at radius 1 is 1.39 bits per heavy atom. The highest BCUT2D eigenvalue weighted by atomic mass is 32.1. The Hall–Kier alpha value is -1.49. The number of hydrogen-bond acceptors (Lipinski definition) is 3. The first kappa shape index (κ1) is 13.0. The molecule has 0 aliphatic carbocycles. The van der Waals surface area contributed by atoms with Crippen LogP contribution in [0.3, 0.4) is 0 Å². The molecule has 1 aliphatic heterocycles. The average molecular weight is 264 g/mol. The molecule has 1 atom stereocenters. The first-order chi connectivity index (χ1) is 8.58. The van der Waals surface area contributed by atoms with Crippen LogP contribution >= 0.6 is 12.6 Å². The van der Waals surface area contributed by atoms with Crippen LogP contribution in [0.15, 0.2) is 29.2 Å². The van der Waals surface area contributed by atoms with E-state index in [-0.39, 0.29) is 17.7 Å². The largest absolute Gasteiger partial charge is 0.369 e. The minimum absolute atomic E-state index is 0.0585. The molecule has 1 fully saturated rings. The molecule has 1 aromatic rings. The van der Waals surface area contributed by atoms with E-state index in [4.69, 9.17) is 5.73 Å². The predicted octanol–water partition coefficient (Wildman–Crippen LogP) is 1.31. The molecule has 0 saturated carbocycles. The smallest absolute Gasteiger partial charge is 0.253 e. The van der Waals surface area contributed by atoms with Crippen molar-refractivity contribution in [2.45, 2.75) is 17.7 Å². The Bertz CT molecular complexity index is 476. The Morgan fingerprint density at radius 2 is 2.17 bits per heavy atom. The van der Waals surface area contributed by atoms with E-state index >= 15 is 0 Å². The van der Waals surface area contributed by atoms with Gasteiger partial charge in [0, 0.05) is 23.5 Å². The van der Waals surface area contributed by atoms with Gasteiger partial charge >= 0.3 is 0 Å². The Balaban J connectivity index is 2.11. The number of nitrogens with zero attached hydrogens (tertiary/aromatic N) is 1. The van der Waals surface area contributed by atoms with Gasteiger partial charge in [-0.05, 0) is 31.0 Å². The lowest BCUT2D eigenvalue weighted by atomic mass is 9.97. The summed E-state index contributed by atoms with van der Waals surface area (Å²) in [6.45, 7) is 1.10. The summed E-state index contributed by atoms with van der Waals surface area (Å²) in [7, 11) is 0. The van der Waals surface area contributed by atoms with Gasteiger partial charge in [-0.25, -0.2) is 0 Å². The molecule has 5 heteroatoms. The zero-order chi connectivity index (χ0) is 13.1. The highest BCUT2D eigenvalue weighted by molar-refractivity contribution is 7.80. The fourth-order valence-corrected chi connectivity index (χ4v) is 2.44. The van der Waals surface area contributed by atoms with Gasteiger partial charge in [0.25, 0.3) is 5.91 Å². The normalized spacial score (nSPS) is 19.6. The van der Waals surface area contributed by atoms with Gasteiger partial charge in [0.05, 0.1) is 5.92 Å². The van der Waals surface area contributed by atoms with E-state index in [2.05, 4.69) is 12.6 Å². The van der Waals surface area contributed by atoms with Crippen molar-refractivity contribution in [3.63, 3.8) is 0 Å². The van der Waals surface area contributed by atoms with E-state index < -0.39 is 0 Å². The summed E-state index contributed by atoms with van der Waals surface area (Å²) in [6, 6.07) is 7.11. The molecule has 2 amide bonds. The molecule has 18 heavy (non-hydrogen) atoms. The maximum atomic E-state index is 12.3. The lowest BCUT2D eigenvalue weighted by molar-refractivity contribution is -0.123. The number of hydrogen-bond donors (Lipinski definition) is 2. The summed E-state index contributed by atoms with van der Waals surface area (Å²) in [5.41, 5.74) is 5.91. The zero-order valence-electron chi connectivity index (χ0n) is 10.0. The standard InChI is InChI=1S/C13H16N2O2S/c14-12(16)10-4-2-6-15(8-10)13(17)9-3-1-5-11(18)7-9/h1,3,5,7,10,18H,2,4,6,8H2,(H2,14,16). The monoisotopic (exact) mass is 264 g/mol. The van der Waals surface area contributed by atoms with E-state index in [9.17, 15) is 9.59 Å². The van der Waals surface area contributed by atoms with Crippen LogP contribution in [0.5, 0.6) is 0 Å². The van der Waals surface area contributed by atoms with Crippen molar-refractivity contribution in [3.05, 3.63) is 29.8 Å². The molecule has 0 spiro atoms. The number of rotatable bonds is 2. The lowest BCUT2D eigenvalue weighted by Gasteiger charge is -2.31. The molecular formula is C13H16N2O2S. The van der Waals surface area contributed by atoms with Crippen LogP contribution in [0, 0.1) is 5.92 Å². The lowest BCUT2D eigenvalue weighted by Crippen LogP contribution is -2.44. The van der Waals surface area contributed by atoms with Gasteiger partial charge in [-0.2, -0.15) is 0 Å². The number of carbonyl (C=O) groups excluding carboxylic acids is 2. The summed E-state index contributed by atoms with van der Waals surface area (Å²) in [5, 5.41) is 0. The molecule has 1 heterocycles. The van der Waals surface area contributed by atoms with Crippen LogP contribution in [-0.2, 0) is 4.79 Å². The molecule has 1 aliphatic rings. The van der Waals surface area contributed by atoms with E-state index in [0.717, 1.165) is 17.7 Å². The van der Waals surface area contributed by atoms with Crippen molar-refractivity contribution in [1.82, 2.24) is 4.90 Å².